The Bertz CT molecular complexity index is 900. The number of esters is 1. The number of carbonyl (C=O) groups excluding carboxylic acids is 3. The molecule has 28 heavy (non-hydrogen) atoms. The van der Waals surface area contributed by atoms with Gasteiger partial charge in [-0.05, 0) is 43.2 Å². The first-order valence-corrected chi connectivity index (χ1v) is 8.54. The number of amides is 2. The van der Waals surface area contributed by atoms with Crippen molar-refractivity contribution in [3.63, 3.8) is 0 Å². The number of rotatable bonds is 7. The number of hydrogen-bond acceptors (Lipinski definition) is 4. The molecule has 0 unspecified atom stereocenters. The van der Waals surface area contributed by atoms with Gasteiger partial charge in [0.25, 0.3) is 5.91 Å². The maximum absolute atomic E-state index is 13.5. The number of benzene rings is 2. The molecule has 0 heterocycles. The lowest BCUT2D eigenvalue weighted by Gasteiger charge is -2.10. The van der Waals surface area contributed by atoms with Gasteiger partial charge in [0.05, 0.1) is 18.2 Å². The first kappa shape index (κ1) is 21.0. The average Bonchev–Trinajstić information content (AvgIpc) is 2.66. The van der Waals surface area contributed by atoms with Crippen molar-refractivity contribution < 1.29 is 27.9 Å². The Balaban J connectivity index is 1.83. The minimum absolute atomic E-state index is 0.105. The summed E-state index contributed by atoms with van der Waals surface area (Å²) in [4.78, 5) is 35.5. The molecule has 0 aliphatic rings. The molecule has 0 spiro atoms. The second-order valence-electron chi connectivity index (χ2n) is 6.05. The van der Waals surface area contributed by atoms with Crippen molar-refractivity contribution in [2.45, 2.75) is 19.8 Å². The van der Waals surface area contributed by atoms with Crippen molar-refractivity contribution >= 4 is 23.5 Å². The first-order valence-electron chi connectivity index (χ1n) is 8.54. The molecular formula is C20H20F2N2O4. The highest BCUT2D eigenvalue weighted by Crippen LogP contribution is 2.18. The number of hydrogen-bond donors (Lipinski definition) is 2. The molecule has 2 N–H and O–H groups in total. The molecule has 8 heteroatoms. The number of nitrogens with one attached hydrogen (secondary N) is 2. The van der Waals surface area contributed by atoms with Gasteiger partial charge in [-0.1, -0.05) is 6.07 Å². The van der Waals surface area contributed by atoms with Crippen LogP contribution in [0.2, 0.25) is 0 Å². The number of halogens is 2. The maximum Gasteiger partial charge on any atom is 0.337 e. The van der Waals surface area contributed by atoms with Crippen molar-refractivity contribution in [2.24, 2.45) is 0 Å². The van der Waals surface area contributed by atoms with E-state index in [0.29, 0.717) is 23.7 Å². The van der Waals surface area contributed by atoms with E-state index in [9.17, 15) is 23.2 Å². The lowest BCUT2D eigenvalue weighted by atomic mass is 10.1. The third kappa shape index (κ3) is 5.60. The molecule has 6 nitrogen and oxygen atoms in total. The summed E-state index contributed by atoms with van der Waals surface area (Å²) in [6.45, 7) is 1.93. The normalized spacial score (nSPS) is 10.3. The molecule has 0 aromatic heterocycles. The minimum Gasteiger partial charge on any atom is -0.465 e. The molecule has 2 amide bonds. The molecule has 0 atom stereocenters. The van der Waals surface area contributed by atoms with Crippen molar-refractivity contribution in [1.29, 1.82) is 0 Å². The van der Waals surface area contributed by atoms with Crippen LogP contribution in [0.15, 0.2) is 36.4 Å². The van der Waals surface area contributed by atoms with Crippen LogP contribution in [0.1, 0.15) is 39.1 Å². The highest BCUT2D eigenvalue weighted by molar-refractivity contribution is 5.96. The van der Waals surface area contributed by atoms with Gasteiger partial charge in [0.1, 0.15) is 11.6 Å². The molecular weight excluding hydrogens is 370 g/mol. The molecule has 2 rings (SSSR count). The Kier molecular flexibility index (Phi) is 7.20. The quantitative estimate of drug-likeness (QED) is 0.562. The van der Waals surface area contributed by atoms with E-state index in [-0.39, 0.29) is 24.4 Å². The van der Waals surface area contributed by atoms with Gasteiger partial charge in [0.15, 0.2) is 0 Å². The van der Waals surface area contributed by atoms with Crippen molar-refractivity contribution in [3.8, 4) is 0 Å². The Morgan fingerprint density at radius 3 is 2.50 bits per heavy atom. The fourth-order valence-electron chi connectivity index (χ4n) is 2.43. The highest BCUT2D eigenvalue weighted by atomic mass is 19.1. The van der Waals surface area contributed by atoms with E-state index >= 15 is 0 Å². The third-order valence-corrected chi connectivity index (χ3v) is 3.97. The summed E-state index contributed by atoms with van der Waals surface area (Å²) in [6.07, 6.45) is 0.421. The molecule has 148 valence electrons. The van der Waals surface area contributed by atoms with Crippen LogP contribution in [0, 0.1) is 18.6 Å². The lowest BCUT2D eigenvalue weighted by Crippen LogP contribution is -2.26. The Morgan fingerprint density at radius 2 is 1.82 bits per heavy atom. The molecule has 0 saturated heterocycles. The van der Waals surface area contributed by atoms with Crippen LogP contribution >= 0.6 is 0 Å². The summed E-state index contributed by atoms with van der Waals surface area (Å²) in [5.41, 5.74) is 1.32. The number of aryl methyl sites for hydroxylation is 1. The fourth-order valence-corrected chi connectivity index (χ4v) is 2.43. The van der Waals surface area contributed by atoms with Gasteiger partial charge in [-0.2, -0.15) is 0 Å². The van der Waals surface area contributed by atoms with E-state index in [1.807, 2.05) is 0 Å². The lowest BCUT2D eigenvalue weighted by molar-refractivity contribution is -0.116. The van der Waals surface area contributed by atoms with Crippen molar-refractivity contribution in [3.05, 3.63) is 64.7 Å². The van der Waals surface area contributed by atoms with Crippen molar-refractivity contribution in [1.82, 2.24) is 5.32 Å². The second kappa shape index (κ2) is 9.59. The van der Waals surface area contributed by atoms with Gasteiger partial charge >= 0.3 is 5.97 Å². The Labute approximate surface area is 160 Å². The molecule has 0 bridgehead atoms. The Morgan fingerprint density at radius 1 is 1.07 bits per heavy atom. The number of carbonyl (C=O) groups is 3. The monoisotopic (exact) mass is 390 g/mol. The molecule has 0 fully saturated rings. The van der Waals surface area contributed by atoms with E-state index in [1.165, 1.54) is 13.2 Å². The summed E-state index contributed by atoms with van der Waals surface area (Å²) in [6, 6.07) is 7.51. The zero-order valence-corrected chi connectivity index (χ0v) is 15.5. The van der Waals surface area contributed by atoms with E-state index in [2.05, 4.69) is 15.4 Å². The largest absolute Gasteiger partial charge is 0.465 e. The first-order chi connectivity index (χ1) is 13.3. The molecule has 2 aromatic carbocycles. The number of ether oxygens (including phenoxy) is 1. The SMILES string of the molecule is COC(=O)c1ccc(C)c(NC(=O)CCCNC(=O)c2ccc(F)cc2F)c1. The molecule has 0 aliphatic carbocycles. The minimum atomic E-state index is -0.948. The Hall–Kier alpha value is -3.29. The topological polar surface area (TPSA) is 84.5 Å². The zero-order chi connectivity index (χ0) is 20.7. The van der Waals surface area contributed by atoms with Crippen LogP contribution < -0.4 is 10.6 Å². The molecule has 0 radical (unpaired) electrons. The van der Waals surface area contributed by atoms with E-state index < -0.39 is 23.5 Å². The molecule has 0 aliphatic heterocycles. The standard InChI is InChI=1S/C20H20F2N2O4/c1-12-5-6-13(20(27)28-2)10-17(12)24-18(25)4-3-9-23-19(26)15-8-7-14(21)11-16(15)22/h5-8,10-11H,3-4,9H2,1-2H3,(H,23,26)(H,24,25). The third-order valence-electron chi connectivity index (χ3n) is 3.97. The summed E-state index contributed by atoms with van der Waals surface area (Å²) >= 11 is 0. The van der Waals surface area contributed by atoms with E-state index in [4.69, 9.17) is 0 Å². The van der Waals surface area contributed by atoms with E-state index in [1.54, 1.807) is 19.1 Å². The van der Waals surface area contributed by atoms with Crippen LogP contribution in [0.5, 0.6) is 0 Å². The van der Waals surface area contributed by atoms with Gasteiger partial charge in [-0.25, -0.2) is 13.6 Å². The second-order valence-corrected chi connectivity index (χ2v) is 6.05. The van der Waals surface area contributed by atoms with Gasteiger partial charge in [-0.15, -0.1) is 0 Å². The van der Waals surface area contributed by atoms with E-state index in [0.717, 1.165) is 17.7 Å². The van der Waals surface area contributed by atoms with Crippen LogP contribution in [0.4, 0.5) is 14.5 Å². The predicted molar refractivity (Wildman–Crippen MR) is 99.1 cm³/mol. The summed E-state index contributed by atoms with van der Waals surface area (Å²) < 4.78 is 31.0. The smallest absolute Gasteiger partial charge is 0.337 e. The molecule has 0 saturated carbocycles. The van der Waals surface area contributed by atoms with Crippen LogP contribution in [-0.4, -0.2) is 31.4 Å². The number of anilines is 1. The maximum atomic E-state index is 13.5. The highest BCUT2D eigenvalue weighted by Gasteiger charge is 2.13. The summed E-state index contributed by atoms with van der Waals surface area (Å²) in [7, 11) is 1.27. The van der Waals surface area contributed by atoms with Gasteiger partial charge in [0, 0.05) is 24.7 Å². The van der Waals surface area contributed by atoms with Gasteiger partial charge < -0.3 is 15.4 Å². The average molecular weight is 390 g/mol. The fraction of sp³-hybridized carbons (Fsp3) is 0.250. The molecule has 2 aromatic rings. The predicted octanol–water partition coefficient (Wildman–Crippen LogP) is 3.21. The summed E-state index contributed by atoms with van der Waals surface area (Å²) in [5, 5.41) is 5.18. The summed E-state index contributed by atoms with van der Waals surface area (Å²) in [5.74, 6) is -3.20. The van der Waals surface area contributed by atoms with Crippen LogP contribution in [-0.2, 0) is 9.53 Å². The van der Waals surface area contributed by atoms with Crippen molar-refractivity contribution in [2.75, 3.05) is 19.0 Å². The van der Waals surface area contributed by atoms with Crippen LogP contribution in [0.3, 0.4) is 0 Å². The zero-order valence-electron chi connectivity index (χ0n) is 15.5. The van der Waals surface area contributed by atoms with Crippen LogP contribution in [0.25, 0.3) is 0 Å². The van der Waals surface area contributed by atoms with Gasteiger partial charge in [0.2, 0.25) is 5.91 Å². The van der Waals surface area contributed by atoms with Gasteiger partial charge in [-0.3, -0.25) is 9.59 Å². The number of methoxy groups -OCH3 is 1.